The summed E-state index contributed by atoms with van der Waals surface area (Å²) in [5, 5.41) is 4.05. The van der Waals surface area contributed by atoms with Crippen molar-refractivity contribution in [3.05, 3.63) is 47.0 Å². The van der Waals surface area contributed by atoms with E-state index in [0.717, 1.165) is 23.6 Å². The van der Waals surface area contributed by atoms with Crippen LogP contribution in [0.4, 0.5) is 5.69 Å². The summed E-state index contributed by atoms with van der Waals surface area (Å²) in [5.41, 5.74) is 3.59. The summed E-state index contributed by atoms with van der Waals surface area (Å²) in [6.45, 7) is 0. The van der Waals surface area contributed by atoms with Gasteiger partial charge in [0.1, 0.15) is 0 Å². The van der Waals surface area contributed by atoms with Gasteiger partial charge in [0, 0.05) is 17.8 Å². The highest BCUT2D eigenvalue weighted by molar-refractivity contribution is 6.30. The molecule has 0 heterocycles. The highest BCUT2D eigenvalue weighted by Crippen LogP contribution is 2.27. The lowest BCUT2D eigenvalue weighted by Crippen LogP contribution is -1.90. The van der Waals surface area contributed by atoms with Crippen molar-refractivity contribution in [2.75, 3.05) is 12.4 Å². The van der Waals surface area contributed by atoms with Crippen LogP contribution in [0.2, 0.25) is 0 Å². The maximum Gasteiger partial charge on any atom is 0.0337 e. The highest BCUT2D eigenvalue weighted by Gasteiger charge is 2.05. The molecular weight excluding hydrogens is 206 g/mol. The van der Waals surface area contributed by atoms with E-state index in [2.05, 4.69) is 41.7 Å². The van der Waals surface area contributed by atoms with Crippen molar-refractivity contribution in [2.24, 2.45) is 0 Å². The lowest BCUT2D eigenvalue weighted by molar-refractivity contribution is 1.02. The lowest BCUT2D eigenvalue weighted by atomic mass is 9.99. The average Bonchev–Trinajstić information content (AvgIpc) is 2.29. The first-order valence-electron chi connectivity index (χ1n) is 5.14. The molecule has 0 radical (unpaired) electrons. The number of rotatable bonds is 2. The topological polar surface area (TPSA) is 12.0 Å². The molecule has 1 N–H and O–H groups in total. The molecule has 0 fully saturated rings. The van der Waals surface area contributed by atoms with E-state index in [1.165, 1.54) is 11.1 Å². The van der Waals surface area contributed by atoms with Gasteiger partial charge in [-0.05, 0) is 42.2 Å². The van der Waals surface area contributed by atoms with Gasteiger partial charge < -0.3 is 5.32 Å². The Morgan fingerprint density at radius 1 is 1.20 bits per heavy atom. The Bertz CT molecular complexity index is 401. The van der Waals surface area contributed by atoms with Gasteiger partial charge in [-0.2, -0.15) is 0 Å². The molecular formula is C13H14ClN. The van der Waals surface area contributed by atoms with E-state index in [-0.39, 0.29) is 0 Å². The van der Waals surface area contributed by atoms with Crippen molar-refractivity contribution in [2.45, 2.75) is 12.8 Å². The van der Waals surface area contributed by atoms with Crippen LogP contribution in [0.25, 0.3) is 5.57 Å². The second-order valence-corrected chi connectivity index (χ2v) is 4.10. The third-order valence-corrected chi connectivity index (χ3v) is 2.86. The van der Waals surface area contributed by atoms with Gasteiger partial charge in [-0.3, -0.25) is 0 Å². The summed E-state index contributed by atoms with van der Waals surface area (Å²) in [6.07, 6.45) is 6.30. The zero-order chi connectivity index (χ0) is 10.7. The fourth-order valence-corrected chi connectivity index (χ4v) is 1.92. The molecule has 15 heavy (non-hydrogen) atoms. The Morgan fingerprint density at radius 2 is 1.93 bits per heavy atom. The molecule has 1 aromatic rings. The maximum absolute atomic E-state index is 6.03. The fraction of sp³-hybridized carbons (Fsp3) is 0.231. The van der Waals surface area contributed by atoms with Crippen LogP contribution >= 0.6 is 11.6 Å². The molecule has 0 spiro atoms. The van der Waals surface area contributed by atoms with E-state index < -0.39 is 0 Å². The van der Waals surface area contributed by atoms with E-state index >= 15 is 0 Å². The van der Waals surface area contributed by atoms with Crippen molar-refractivity contribution < 1.29 is 0 Å². The molecule has 78 valence electrons. The molecule has 2 rings (SSSR count). The Hall–Kier alpha value is -1.21. The summed E-state index contributed by atoms with van der Waals surface area (Å²) in [4.78, 5) is 0. The fourth-order valence-electron chi connectivity index (χ4n) is 1.70. The van der Waals surface area contributed by atoms with Gasteiger partial charge in [0.25, 0.3) is 0 Å². The standard InChI is InChI=1S/C13H14ClN/c1-15-13-7-5-10(6-8-13)11-3-2-4-12(14)9-11/h3,5-9,15H,2,4H2,1H3. The zero-order valence-electron chi connectivity index (χ0n) is 8.76. The summed E-state index contributed by atoms with van der Waals surface area (Å²) in [6, 6.07) is 8.38. The second kappa shape index (κ2) is 4.54. The van der Waals surface area contributed by atoms with Crippen molar-refractivity contribution >= 4 is 22.9 Å². The minimum Gasteiger partial charge on any atom is -0.388 e. The van der Waals surface area contributed by atoms with Crippen LogP contribution in [0.1, 0.15) is 18.4 Å². The molecule has 0 bridgehead atoms. The number of hydrogen-bond acceptors (Lipinski definition) is 1. The van der Waals surface area contributed by atoms with Gasteiger partial charge in [0.2, 0.25) is 0 Å². The van der Waals surface area contributed by atoms with E-state index in [0.29, 0.717) is 0 Å². The number of hydrogen-bond donors (Lipinski definition) is 1. The molecule has 0 saturated heterocycles. The average molecular weight is 220 g/mol. The van der Waals surface area contributed by atoms with Gasteiger partial charge in [-0.1, -0.05) is 29.8 Å². The number of halogens is 1. The predicted octanol–water partition coefficient (Wildman–Crippen LogP) is 4.03. The third-order valence-electron chi connectivity index (χ3n) is 2.57. The monoisotopic (exact) mass is 219 g/mol. The molecule has 0 amide bonds. The molecule has 0 atom stereocenters. The molecule has 1 aliphatic rings. The van der Waals surface area contributed by atoms with Crippen molar-refractivity contribution in [3.63, 3.8) is 0 Å². The SMILES string of the molecule is CNc1ccc(C2=CCCC(Cl)=C2)cc1. The van der Waals surface area contributed by atoms with Crippen LogP contribution in [0.3, 0.4) is 0 Å². The molecule has 0 aliphatic heterocycles. The molecule has 0 unspecified atom stereocenters. The quantitative estimate of drug-likeness (QED) is 0.792. The van der Waals surface area contributed by atoms with Crippen LogP contribution in [0.5, 0.6) is 0 Å². The number of allylic oxidation sites excluding steroid dienone is 4. The van der Waals surface area contributed by atoms with Gasteiger partial charge >= 0.3 is 0 Å². The Labute approximate surface area is 95.5 Å². The summed E-state index contributed by atoms with van der Waals surface area (Å²) < 4.78 is 0. The molecule has 2 heteroatoms. The Kier molecular flexibility index (Phi) is 3.12. The van der Waals surface area contributed by atoms with Crippen LogP contribution < -0.4 is 5.32 Å². The van der Waals surface area contributed by atoms with E-state index in [4.69, 9.17) is 11.6 Å². The predicted molar refractivity (Wildman–Crippen MR) is 67.1 cm³/mol. The van der Waals surface area contributed by atoms with Gasteiger partial charge in [0.05, 0.1) is 0 Å². The second-order valence-electron chi connectivity index (χ2n) is 3.62. The minimum atomic E-state index is 0.949. The van der Waals surface area contributed by atoms with Crippen molar-refractivity contribution in [3.8, 4) is 0 Å². The highest BCUT2D eigenvalue weighted by atomic mass is 35.5. The minimum absolute atomic E-state index is 0.949. The first-order valence-corrected chi connectivity index (χ1v) is 5.52. The summed E-state index contributed by atoms with van der Waals surface area (Å²) in [5.74, 6) is 0. The zero-order valence-corrected chi connectivity index (χ0v) is 9.51. The molecule has 0 aromatic heterocycles. The smallest absolute Gasteiger partial charge is 0.0337 e. The van der Waals surface area contributed by atoms with Crippen molar-refractivity contribution in [1.29, 1.82) is 0 Å². The van der Waals surface area contributed by atoms with E-state index in [1.807, 2.05) is 7.05 Å². The van der Waals surface area contributed by atoms with Crippen LogP contribution in [0, 0.1) is 0 Å². The Balaban J connectivity index is 2.26. The molecule has 1 aliphatic carbocycles. The van der Waals surface area contributed by atoms with E-state index in [1.54, 1.807) is 0 Å². The molecule has 1 aromatic carbocycles. The summed E-state index contributed by atoms with van der Waals surface area (Å²) in [7, 11) is 1.92. The summed E-state index contributed by atoms with van der Waals surface area (Å²) >= 11 is 6.03. The first-order chi connectivity index (χ1) is 7.29. The molecule has 0 saturated carbocycles. The lowest BCUT2D eigenvalue weighted by Gasteiger charge is -2.10. The van der Waals surface area contributed by atoms with Crippen LogP contribution in [0.15, 0.2) is 41.4 Å². The van der Waals surface area contributed by atoms with E-state index in [9.17, 15) is 0 Å². The molecule has 1 nitrogen and oxygen atoms in total. The number of nitrogens with one attached hydrogen (secondary N) is 1. The van der Waals surface area contributed by atoms with Crippen LogP contribution in [-0.2, 0) is 0 Å². The van der Waals surface area contributed by atoms with Gasteiger partial charge in [0.15, 0.2) is 0 Å². The third kappa shape index (κ3) is 2.42. The van der Waals surface area contributed by atoms with Crippen LogP contribution in [-0.4, -0.2) is 7.05 Å². The van der Waals surface area contributed by atoms with Gasteiger partial charge in [-0.25, -0.2) is 0 Å². The number of benzene rings is 1. The number of anilines is 1. The first kappa shape index (κ1) is 10.3. The largest absolute Gasteiger partial charge is 0.388 e. The normalized spacial score (nSPS) is 15.6. The van der Waals surface area contributed by atoms with Crippen molar-refractivity contribution in [1.82, 2.24) is 0 Å². The maximum atomic E-state index is 6.03. The Morgan fingerprint density at radius 3 is 2.53 bits per heavy atom. The van der Waals surface area contributed by atoms with Gasteiger partial charge in [-0.15, -0.1) is 0 Å².